The Balaban J connectivity index is 2.91. The molecule has 5 heteroatoms. The first-order valence-electron chi connectivity index (χ1n) is 5.57. The second-order valence-electron chi connectivity index (χ2n) is 4.32. The second kappa shape index (κ2) is 6.45. The van der Waals surface area contributed by atoms with E-state index in [1.165, 1.54) is 0 Å². The molecule has 0 aliphatic carbocycles. The molecule has 1 aromatic rings. The highest BCUT2D eigenvalue weighted by Gasteiger charge is 2.13. The lowest BCUT2D eigenvalue weighted by Crippen LogP contribution is -2.29. The van der Waals surface area contributed by atoms with Gasteiger partial charge in [-0.1, -0.05) is 13.8 Å². The molecule has 1 heterocycles. The lowest BCUT2D eigenvalue weighted by Gasteiger charge is -2.25. The Morgan fingerprint density at radius 2 is 2.29 bits per heavy atom. The van der Waals surface area contributed by atoms with Crippen molar-refractivity contribution in [1.82, 2.24) is 4.98 Å². The summed E-state index contributed by atoms with van der Waals surface area (Å²) in [6, 6.07) is 4.00. The fourth-order valence-electron chi connectivity index (χ4n) is 1.59. The van der Waals surface area contributed by atoms with Crippen molar-refractivity contribution in [2.75, 3.05) is 23.7 Å². The molecule has 0 atom stereocenters. The first kappa shape index (κ1) is 13.8. The zero-order valence-electron chi connectivity index (χ0n) is 10.2. The first-order valence-corrected chi connectivity index (χ1v) is 6.36. The van der Waals surface area contributed by atoms with Crippen LogP contribution in [0.3, 0.4) is 0 Å². The standard InChI is InChI=1S/C12H17BrN4/c1-9(2)8-17(5-3-4-14)12-11(13)6-10(15)7-16-12/h6-7,9H,3,5,8,15H2,1-2H3. The Morgan fingerprint density at radius 1 is 1.59 bits per heavy atom. The summed E-state index contributed by atoms with van der Waals surface area (Å²) in [7, 11) is 0. The third-order valence-electron chi connectivity index (χ3n) is 2.22. The van der Waals surface area contributed by atoms with E-state index in [4.69, 9.17) is 11.0 Å². The molecule has 0 fully saturated rings. The van der Waals surface area contributed by atoms with E-state index in [9.17, 15) is 0 Å². The Labute approximate surface area is 111 Å². The monoisotopic (exact) mass is 296 g/mol. The fourth-order valence-corrected chi connectivity index (χ4v) is 2.21. The van der Waals surface area contributed by atoms with Crippen LogP contribution < -0.4 is 10.6 Å². The van der Waals surface area contributed by atoms with Crippen molar-refractivity contribution in [3.05, 3.63) is 16.7 Å². The number of nitrogen functional groups attached to an aromatic ring is 1. The molecule has 0 unspecified atom stereocenters. The van der Waals surface area contributed by atoms with Gasteiger partial charge in [0.05, 0.1) is 28.8 Å². The number of hydrogen-bond acceptors (Lipinski definition) is 4. The zero-order valence-corrected chi connectivity index (χ0v) is 11.7. The largest absolute Gasteiger partial charge is 0.397 e. The number of nitrogens with zero attached hydrogens (tertiary/aromatic N) is 3. The summed E-state index contributed by atoms with van der Waals surface area (Å²) in [5, 5.41) is 8.68. The summed E-state index contributed by atoms with van der Waals surface area (Å²) in [6.07, 6.45) is 2.13. The second-order valence-corrected chi connectivity index (χ2v) is 5.18. The summed E-state index contributed by atoms with van der Waals surface area (Å²) in [6.45, 7) is 5.84. The lowest BCUT2D eigenvalue weighted by atomic mass is 10.2. The predicted octanol–water partition coefficient (Wildman–Crippen LogP) is 2.80. The molecule has 17 heavy (non-hydrogen) atoms. The summed E-state index contributed by atoms with van der Waals surface area (Å²) in [5.74, 6) is 1.36. The summed E-state index contributed by atoms with van der Waals surface area (Å²) in [4.78, 5) is 6.44. The average molecular weight is 297 g/mol. The van der Waals surface area contributed by atoms with Crippen LogP contribution in [0.1, 0.15) is 20.3 Å². The molecule has 0 aliphatic rings. The molecule has 4 nitrogen and oxygen atoms in total. The van der Waals surface area contributed by atoms with Crippen molar-refractivity contribution in [3.8, 4) is 6.07 Å². The van der Waals surface area contributed by atoms with Gasteiger partial charge in [-0.15, -0.1) is 0 Å². The van der Waals surface area contributed by atoms with Crippen LogP contribution in [0.2, 0.25) is 0 Å². The van der Waals surface area contributed by atoms with Gasteiger partial charge in [0.15, 0.2) is 0 Å². The minimum atomic E-state index is 0.491. The van der Waals surface area contributed by atoms with Crippen LogP contribution in [0, 0.1) is 17.2 Å². The maximum absolute atomic E-state index is 8.68. The highest BCUT2D eigenvalue weighted by atomic mass is 79.9. The van der Waals surface area contributed by atoms with Gasteiger partial charge in [0, 0.05) is 13.1 Å². The van der Waals surface area contributed by atoms with Crippen LogP contribution in [-0.2, 0) is 0 Å². The summed E-state index contributed by atoms with van der Waals surface area (Å²) >= 11 is 3.46. The SMILES string of the molecule is CC(C)CN(CCC#N)c1ncc(N)cc1Br. The summed E-state index contributed by atoms with van der Waals surface area (Å²) in [5.41, 5.74) is 6.30. The maximum atomic E-state index is 8.68. The van der Waals surface area contributed by atoms with E-state index < -0.39 is 0 Å². The van der Waals surface area contributed by atoms with Crippen molar-refractivity contribution in [3.63, 3.8) is 0 Å². The van der Waals surface area contributed by atoms with Gasteiger partial charge < -0.3 is 10.6 Å². The van der Waals surface area contributed by atoms with Gasteiger partial charge in [-0.25, -0.2) is 4.98 Å². The van der Waals surface area contributed by atoms with Gasteiger partial charge in [-0.2, -0.15) is 5.26 Å². The predicted molar refractivity (Wildman–Crippen MR) is 73.6 cm³/mol. The molecule has 0 spiro atoms. The third kappa shape index (κ3) is 4.23. The molecule has 0 radical (unpaired) electrons. The van der Waals surface area contributed by atoms with Crippen molar-refractivity contribution in [1.29, 1.82) is 5.26 Å². The molecule has 0 amide bonds. The van der Waals surface area contributed by atoms with Gasteiger partial charge in [-0.05, 0) is 27.9 Å². The van der Waals surface area contributed by atoms with E-state index in [2.05, 4.69) is 45.7 Å². The number of halogens is 1. The van der Waals surface area contributed by atoms with Crippen molar-refractivity contribution < 1.29 is 0 Å². The number of aromatic nitrogens is 1. The van der Waals surface area contributed by atoms with Gasteiger partial charge >= 0.3 is 0 Å². The number of nitrogens with two attached hydrogens (primary N) is 1. The van der Waals surface area contributed by atoms with Crippen molar-refractivity contribution in [2.24, 2.45) is 5.92 Å². The Morgan fingerprint density at radius 3 is 2.82 bits per heavy atom. The minimum Gasteiger partial charge on any atom is -0.397 e. The molecule has 1 rings (SSSR count). The first-order chi connectivity index (χ1) is 8.04. The van der Waals surface area contributed by atoms with Crippen LogP contribution in [-0.4, -0.2) is 18.1 Å². The van der Waals surface area contributed by atoms with E-state index in [0.29, 0.717) is 24.6 Å². The molecule has 0 aromatic carbocycles. The topological polar surface area (TPSA) is 65.9 Å². The van der Waals surface area contributed by atoms with Crippen LogP contribution in [0.25, 0.3) is 0 Å². The Bertz CT molecular complexity index is 411. The highest BCUT2D eigenvalue weighted by Crippen LogP contribution is 2.26. The van der Waals surface area contributed by atoms with Crippen LogP contribution in [0.4, 0.5) is 11.5 Å². The van der Waals surface area contributed by atoms with E-state index in [1.807, 2.05) is 6.07 Å². The summed E-state index contributed by atoms with van der Waals surface area (Å²) < 4.78 is 0.871. The Hall–Kier alpha value is -1.28. The van der Waals surface area contributed by atoms with Gasteiger partial charge in [0.2, 0.25) is 0 Å². The normalized spacial score (nSPS) is 10.3. The van der Waals surface area contributed by atoms with Gasteiger partial charge in [0.25, 0.3) is 0 Å². The van der Waals surface area contributed by atoms with Crippen LogP contribution >= 0.6 is 15.9 Å². The lowest BCUT2D eigenvalue weighted by molar-refractivity contribution is 0.607. The molecular weight excluding hydrogens is 280 g/mol. The zero-order chi connectivity index (χ0) is 12.8. The fraction of sp³-hybridized carbons (Fsp3) is 0.500. The molecule has 0 bridgehead atoms. The van der Waals surface area contributed by atoms with E-state index in [0.717, 1.165) is 16.8 Å². The van der Waals surface area contributed by atoms with Crippen LogP contribution in [0.5, 0.6) is 0 Å². The molecular formula is C12H17BrN4. The molecule has 2 N–H and O–H groups in total. The molecule has 0 aliphatic heterocycles. The quantitative estimate of drug-likeness (QED) is 0.907. The third-order valence-corrected chi connectivity index (χ3v) is 2.81. The number of anilines is 2. The molecule has 0 saturated carbocycles. The van der Waals surface area contributed by atoms with E-state index in [-0.39, 0.29) is 0 Å². The molecule has 1 aromatic heterocycles. The number of nitriles is 1. The average Bonchev–Trinajstić information content (AvgIpc) is 2.24. The minimum absolute atomic E-state index is 0.491. The number of hydrogen-bond donors (Lipinski definition) is 1. The van der Waals surface area contributed by atoms with E-state index in [1.54, 1.807) is 6.20 Å². The van der Waals surface area contributed by atoms with Crippen LogP contribution in [0.15, 0.2) is 16.7 Å². The highest BCUT2D eigenvalue weighted by molar-refractivity contribution is 9.10. The van der Waals surface area contributed by atoms with E-state index >= 15 is 0 Å². The maximum Gasteiger partial charge on any atom is 0.143 e. The number of rotatable bonds is 5. The molecule has 0 saturated heterocycles. The van der Waals surface area contributed by atoms with Gasteiger partial charge in [-0.3, -0.25) is 0 Å². The smallest absolute Gasteiger partial charge is 0.143 e. The Kier molecular flexibility index (Phi) is 5.23. The van der Waals surface area contributed by atoms with Crippen molar-refractivity contribution >= 4 is 27.4 Å². The molecule has 92 valence electrons. The van der Waals surface area contributed by atoms with Gasteiger partial charge in [0.1, 0.15) is 5.82 Å². The van der Waals surface area contributed by atoms with Crippen molar-refractivity contribution in [2.45, 2.75) is 20.3 Å². The number of pyridine rings is 1.